The molecule has 1 aromatic carbocycles. The van der Waals surface area contributed by atoms with E-state index >= 15 is 0 Å². The van der Waals surface area contributed by atoms with Crippen LogP contribution in [0.5, 0.6) is 5.75 Å². The number of nitrogens with zero attached hydrogens (tertiary/aromatic N) is 1. The predicted octanol–water partition coefficient (Wildman–Crippen LogP) is 1.91. The fourth-order valence-electron chi connectivity index (χ4n) is 2.54. The maximum absolute atomic E-state index is 12.1. The molecule has 0 heterocycles. The lowest BCUT2D eigenvalue weighted by atomic mass is 9.75. The van der Waals surface area contributed by atoms with Crippen molar-refractivity contribution in [2.45, 2.75) is 31.7 Å². The van der Waals surface area contributed by atoms with E-state index in [-0.39, 0.29) is 17.2 Å². The van der Waals surface area contributed by atoms with Gasteiger partial charge in [0.15, 0.2) is 0 Å². The number of hydrogen-bond acceptors (Lipinski definition) is 3. The Morgan fingerprint density at radius 3 is 2.63 bits per heavy atom. The van der Waals surface area contributed by atoms with Crippen LogP contribution in [-0.2, 0) is 0 Å². The van der Waals surface area contributed by atoms with E-state index in [0.717, 1.165) is 18.4 Å². The summed E-state index contributed by atoms with van der Waals surface area (Å²) in [5, 5.41) is 12.7. The van der Waals surface area contributed by atoms with E-state index in [1.54, 1.807) is 18.2 Å². The SMILES string of the molecule is Cc1ccc(O)c(C(=O)NCC2(N(C)C)CCC2)c1. The number of benzene rings is 1. The van der Waals surface area contributed by atoms with E-state index in [4.69, 9.17) is 0 Å². The van der Waals surface area contributed by atoms with Crippen molar-refractivity contribution in [3.8, 4) is 5.75 Å². The molecule has 1 aliphatic carbocycles. The Morgan fingerprint density at radius 1 is 1.42 bits per heavy atom. The number of aryl methyl sites for hydroxylation is 1. The summed E-state index contributed by atoms with van der Waals surface area (Å²) in [6, 6.07) is 5.07. The number of rotatable bonds is 4. The number of nitrogens with one attached hydrogen (secondary N) is 1. The van der Waals surface area contributed by atoms with E-state index in [1.807, 2.05) is 6.92 Å². The van der Waals surface area contributed by atoms with Gasteiger partial charge in [0.25, 0.3) is 5.91 Å². The first-order valence-corrected chi connectivity index (χ1v) is 6.70. The normalized spacial score (nSPS) is 17.1. The highest BCUT2D eigenvalue weighted by molar-refractivity contribution is 5.97. The van der Waals surface area contributed by atoms with Crippen molar-refractivity contribution in [3.05, 3.63) is 29.3 Å². The molecule has 1 amide bonds. The molecule has 0 spiro atoms. The van der Waals surface area contributed by atoms with Crippen LogP contribution >= 0.6 is 0 Å². The third-order valence-electron chi connectivity index (χ3n) is 4.21. The van der Waals surface area contributed by atoms with E-state index < -0.39 is 0 Å². The van der Waals surface area contributed by atoms with Crippen LogP contribution in [0, 0.1) is 6.92 Å². The van der Waals surface area contributed by atoms with Crippen LogP contribution in [0.15, 0.2) is 18.2 Å². The molecule has 1 saturated carbocycles. The predicted molar refractivity (Wildman–Crippen MR) is 75.4 cm³/mol. The summed E-state index contributed by atoms with van der Waals surface area (Å²) in [6.07, 6.45) is 3.43. The number of likely N-dealkylation sites (N-methyl/N-ethyl adjacent to an activating group) is 1. The summed E-state index contributed by atoms with van der Waals surface area (Å²) in [5.74, 6) is -0.162. The Hall–Kier alpha value is -1.55. The van der Waals surface area contributed by atoms with Gasteiger partial charge in [0.2, 0.25) is 0 Å². The van der Waals surface area contributed by atoms with Gasteiger partial charge in [0.05, 0.1) is 5.56 Å². The second-order valence-electron chi connectivity index (χ2n) is 5.68. The highest BCUT2D eigenvalue weighted by Gasteiger charge is 2.39. The van der Waals surface area contributed by atoms with E-state index in [9.17, 15) is 9.90 Å². The van der Waals surface area contributed by atoms with Crippen LogP contribution in [0.25, 0.3) is 0 Å². The molecular weight excluding hydrogens is 240 g/mol. The first kappa shape index (κ1) is 13.9. The topological polar surface area (TPSA) is 52.6 Å². The molecule has 4 heteroatoms. The first-order chi connectivity index (χ1) is 8.94. The Labute approximate surface area is 114 Å². The molecule has 4 nitrogen and oxygen atoms in total. The monoisotopic (exact) mass is 262 g/mol. The third-order valence-corrected chi connectivity index (χ3v) is 4.21. The molecule has 2 N–H and O–H groups in total. The van der Waals surface area contributed by atoms with Crippen molar-refractivity contribution in [1.82, 2.24) is 10.2 Å². The molecule has 19 heavy (non-hydrogen) atoms. The average molecular weight is 262 g/mol. The molecule has 0 aliphatic heterocycles. The van der Waals surface area contributed by atoms with Gasteiger partial charge < -0.3 is 15.3 Å². The van der Waals surface area contributed by atoms with Crippen molar-refractivity contribution in [2.75, 3.05) is 20.6 Å². The number of amides is 1. The standard InChI is InChI=1S/C15H22N2O2/c1-11-5-6-13(18)12(9-11)14(19)16-10-15(17(2)3)7-4-8-15/h5-6,9,18H,4,7-8,10H2,1-3H3,(H,16,19). The summed E-state index contributed by atoms with van der Waals surface area (Å²) < 4.78 is 0. The first-order valence-electron chi connectivity index (χ1n) is 6.70. The maximum atomic E-state index is 12.1. The van der Waals surface area contributed by atoms with Gasteiger partial charge in [-0.25, -0.2) is 0 Å². The molecule has 0 saturated heterocycles. The number of carbonyl (C=O) groups excluding carboxylic acids is 1. The average Bonchev–Trinajstić information content (AvgIpc) is 2.30. The fraction of sp³-hybridized carbons (Fsp3) is 0.533. The summed E-state index contributed by atoms with van der Waals surface area (Å²) in [5.41, 5.74) is 1.41. The Morgan fingerprint density at radius 2 is 2.11 bits per heavy atom. The number of hydrogen-bond donors (Lipinski definition) is 2. The van der Waals surface area contributed by atoms with E-state index in [0.29, 0.717) is 12.1 Å². The van der Waals surface area contributed by atoms with Gasteiger partial charge >= 0.3 is 0 Å². The van der Waals surface area contributed by atoms with Gasteiger partial charge in [0, 0.05) is 12.1 Å². The minimum atomic E-state index is -0.200. The van der Waals surface area contributed by atoms with Crippen LogP contribution in [-0.4, -0.2) is 42.1 Å². The number of phenolic OH excluding ortho intramolecular Hbond substituents is 1. The van der Waals surface area contributed by atoms with E-state index in [2.05, 4.69) is 24.3 Å². The molecule has 1 aliphatic rings. The van der Waals surface area contributed by atoms with Crippen LogP contribution in [0.1, 0.15) is 35.2 Å². The molecule has 0 aromatic heterocycles. The van der Waals surface area contributed by atoms with Gasteiger partial charge in [-0.2, -0.15) is 0 Å². The second kappa shape index (κ2) is 5.21. The highest BCUT2D eigenvalue weighted by Crippen LogP contribution is 2.35. The number of aromatic hydroxyl groups is 1. The Kier molecular flexibility index (Phi) is 3.80. The molecule has 0 unspecified atom stereocenters. The van der Waals surface area contributed by atoms with Gasteiger partial charge in [-0.05, 0) is 52.4 Å². The molecular formula is C15H22N2O2. The lowest BCUT2D eigenvalue weighted by molar-refractivity contribution is 0.0557. The molecule has 0 bridgehead atoms. The smallest absolute Gasteiger partial charge is 0.255 e. The third kappa shape index (κ3) is 2.73. The van der Waals surface area contributed by atoms with Crippen LogP contribution in [0.4, 0.5) is 0 Å². The summed E-state index contributed by atoms with van der Waals surface area (Å²) in [4.78, 5) is 14.3. The van der Waals surface area contributed by atoms with Crippen LogP contribution < -0.4 is 5.32 Å². The summed E-state index contributed by atoms with van der Waals surface area (Å²) in [7, 11) is 4.10. The number of phenols is 1. The number of carbonyl (C=O) groups is 1. The lowest BCUT2D eigenvalue weighted by Crippen LogP contribution is -2.57. The minimum absolute atomic E-state index is 0.0376. The summed E-state index contributed by atoms with van der Waals surface area (Å²) >= 11 is 0. The minimum Gasteiger partial charge on any atom is -0.507 e. The lowest BCUT2D eigenvalue weighted by Gasteiger charge is -2.47. The van der Waals surface area contributed by atoms with Gasteiger partial charge in [-0.3, -0.25) is 4.79 Å². The zero-order chi connectivity index (χ0) is 14.0. The molecule has 1 aromatic rings. The van der Waals surface area contributed by atoms with Crippen LogP contribution in [0.3, 0.4) is 0 Å². The molecule has 104 valence electrons. The molecule has 1 fully saturated rings. The van der Waals surface area contributed by atoms with E-state index in [1.165, 1.54) is 6.42 Å². The molecule has 0 atom stereocenters. The van der Waals surface area contributed by atoms with Crippen molar-refractivity contribution in [1.29, 1.82) is 0 Å². The van der Waals surface area contributed by atoms with Gasteiger partial charge in [-0.1, -0.05) is 11.6 Å². The Bertz CT molecular complexity index is 479. The second-order valence-corrected chi connectivity index (χ2v) is 5.68. The fourth-order valence-corrected chi connectivity index (χ4v) is 2.54. The van der Waals surface area contributed by atoms with Crippen molar-refractivity contribution >= 4 is 5.91 Å². The van der Waals surface area contributed by atoms with Crippen molar-refractivity contribution in [2.24, 2.45) is 0 Å². The van der Waals surface area contributed by atoms with Gasteiger partial charge in [-0.15, -0.1) is 0 Å². The molecule has 2 rings (SSSR count). The van der Waals surface area contributed by atoms with Crippen molar-refractivity contribution in [3.63, 3.8) is 0 Å². The zero-order valence-corrected chi connectivity index (χ0v) is 11.9. The molecule has 0 radical (unpaired) electrons. The Balaban J connectivity index is 2.03. The van der Waals surface area contributed by atoms with Crippen LogP contribution in [0.2, 0.25) is 0 Å². The zero-order valence-electron chi connectivity index (χ0n) is 11.9. The largest absolute Gasteiger partial charge is 0.507 e. The quantitative estimate of drug-likeness (QED) is 0.871. The highest BCUT2D eigenvalue weighted by atomic mass is 16.3. The van der Waals surface area contributed by atoms with Crippen molar-refractivity contribution < 1.29 is 9.90 Å². The maximum Gasteiger partial charge on any atom is 0.255 e. The summed E-state index contributed by atoms with van der Waals surface area (Å²) in [6.45, 7) is 2.54. The van der Waals surface area contributed by atoms with Gasteiger partial charge in [0.1, 0.15) is 5.75 Å².